The van der Waals surface area contributed by atoms with Crippen molar-refractivity contribution < 1.29 is 5.11 Å². The van der Waals surface area contributed by atoms with Gasteiger partial charge in [0, 0.05) is 3.57 Å². The van der Waals surface area contributed by atoms with E-state index in [1.807, 2.05) is 25.1 Å². The standard InChI is InChI=1S/C8H9IO/c1-6-7(5-10)3-2-4-8(6)9/h2-4,10H,5H2,1H3. The van der Waals surface area contributed by atoms with Crippen LogP contribution in [-0.2, 0) is 6.61 Å². The molecule has 1 aromatic rings. The van der Waals surface area contributed by atoms with E-state index in [9.17, 15) is 0 Å². The third-order valence-corrected chi connectivity index (χ3v) is 2.72. The molecular formula is C8H9IO. The minimum atomic E-state index is 0.142. The zero-order chi connectivity index (χ0) is 7.56. The van der Waals surface area contributed by atoms with Crippen molar-refractivity contribution in [3.63, 3.8) is 0 Å². The van der Waals surface area contributed by atoms with Gasteiger partial charge in [0.05, 0.1) is 6.61 Å². The average molecular weight is 248 g/mol. The molecule has 1 N–H and O–H groups in total. The molecule has 1 nitrogen and oxygen atoms in total. The lowest BCUT2D eigenvalue weighted by molar-refractivity contribution is 0.281. The summed E-state index contributed by atoms with van der Waals surface area (Å²) in [6.45, 7) is 2.16. The van der Waals surface area contributed by atoms with E-state index in [0.29, 0.717) is 0 Å². The van der Waals surface area contributed by atoms with E-state index in [0.717, 1.165) is 5.56 Å². The van der Waals surface area contributed by atoms with Crippen LogP contribution < -0.4 is 0 Å². The molecule has 0 aliphatic rings. The minimum absolute atomic E-state index is 0.142. The summed E-state index contributed by atoms with van der Waals surface area (Å²) in [4.78, 5) is 0. The van der Waals surface area contributed by atoms with Gasteiger partial charge >= 0.3 is 0 Å². The Bertz CT molecular complexity index is 233. The zero-order valence-electron chi connectivity index (χ0n) is 5.76. The Morgan fingerprint density at radius 3 is 2.70 bits per heavy atom. The molecule has 0 aliphatic carbocycles. The van der Waals surface area contributed by atoms with Gasteiger partial charge in [-0.05, 0) is 46.7 Å². The van der Waals surface area contributed by atoms with Crippen molar-refractivity contribution in [1.82, 2.24) is 0 Å². The fraction of sp³-hybridized carbons (Fsp3) is 0.250. The number of halogens is 1. The van der Waals surface area contributed by atoms with Gasteiger partial charge in [0.25, 0.3) is 0 Å². The molecule has 1 rings (SSSR count). The Balaban J connectivity index is 3.14. The highest BCUT2D eigenvalue weighted by atomic mass is 127. The number of benzene rings is 1. The Labute approximate surface area is 74.2 Å². The summed E-state index contributed by atoms with van der Waals surface area (Å²) in [7, 11) is 0. The molecule has 0 aliphatic heterocycles. The second-order valence-corrected chi connectivity index (χ2v) is 3.34. The van der Waals surface area contributed by atoms with Crippen molar-refractivity contribution in [2.75, 3.05) is 0 Å². The Kier molecular flexibility index (Phi) is 2.68. The predicted molar refractivity (Wildman–Crippen MR) is 49.8 cm³/mol. The van der Waals surface area contributed by atoms with Gasteiger partial charge in [-0.3, -0.25) is 0 Å². The van der Waals surface area contributed by atoms with Gasteiger partial charge in [-0.15, -0.1) is 0 Å². The smallest absolute Gasteiger partial charge is 0.0684 e. The molecule has 54 valence electrons. The first-order chi connectivity index (χ1) is 4.75. The van der Waals surface area contributed by atoms with Crippen LogP contribution in [0.15, 0.2) is 18.2 Å². The summed E-state index contributed by atoms with van der Waals surface area (Å²) in [5.41, 5.74) is 2.21. The molecule has 0 radical (unpaired) electrons. The topological polar surface area (TPSA) is 20.2 Å². The van der Waals surface area contributed by atoms with Crippen molar-refractivity contribution in [3.8, 4) is 0 Å². The van der Waals surface area contributed by atoms with Crippen molar-refractivity contribution in [1.29, 1.82) is 0 Å². The average Bonchev–Trinajstić information content (AvgIpc) is 1.95. The maximum atomic E-state index is 8.84. The predicted octanol–water partition coefficient (Wildman–Crippen LogP) is 2.09. The van der Waals surface area contributed by atoms with Crippen molar-refractivity contribution >= 4 is 22.6 Å². The molecule has 1 aromatic carbocycles. The lowest BCUT2D eigenvalue weighted by Gasteiger charge is -2.02. The quantitative estimate of drug-likeness (QED) is 0.754. The lowest BCUT2D eigenvalue weighted by Crippen LogP contribution is -1.89. The molecule has 10 heavy (non-hydrogen) atoms. The van der Waals surface area contributed by atoms with Gasteiger partial charge in [-0.25, -0.2) is 0 Å². The van der Waals surface area contributed by atoms with Crippen molar-refractivity contribution in [2.45, 2.75) is 13.5 Å². The van der Waals surface area contributed by atoms with Crippen LogP contribution >= 0.6 is 22.6 Å². The fourth-order valence-electron chi connectivity index (χ4n) is 0.823. The monoisotopic (exact) mass is 248 g/mol. The highest BCUT2D eigenvalue weighted by molar-refractivity contribution is 14.1. The van der Waals surface area contributed by atoms with Crippen LogP contribution in [0.5, 0.6) is 0 Å². The molecule has 0 fully saturated rings. The summed E-state index contributed by atoms with van der Waals surface area (Å²) < 4.78 is 1.21. The number of hydrogen-bond acceptors (Lipinski definition) is 1. The van der Waals surface area contributed by atoms with E-state index in [-0.39, 0.29) is 6.61 Å². The van der Waals surface area contributed by atoms with Gasteiger partial charge in [0.2, 0.25) is 0 Å². The number of aliphatic hydroxyl groups excluding tert-OH is 1. The molecule has 0 heterocycles. The first-order valence-corrected chi connectivity index (χ1v) is 4.18. The summed E-state index contributed by atoms with van der Waals surface area (Å²) >= 11 is 2.26. The molecule has 0 atom stereocenters. The van der Waals surface area contributed by atoms with Crippen LogP contribution in [0.4, 0.5) is 0 Å². The Morgan fingerprint density at radius 2 is 2.20 bits per heavy atom. The number of rotatable bonds is 1. The van der Waals surface area contributed by atoms with Crippen LogP contribution in [0.3, 0.4) is 0 Å². The number of aliphatic hydroxyl groups is 1. The Morgan fingerprint density at radius 1 is 1.50 bits per heavy atom. The minimum Gasteiger partial charge on any atom is -0.392 e. The van der Waals surface area contributed by atoms with Crippen molar-refractivity contribution in [3.05, 3.63) is 32.9 Å². The van der Waals surface area contributed by atoms with Gasteiger partial charge in [0.15, 0.2) is 0 Å². The van der Waals surface area contributed by atoms with E-state index in [1.165, 1.54) is 9.13 Å². The third kappa shape index (κ3) is 1.49. The first-order valence-electron chi connectivity index (χ1n) is 3.10. The molecule has 0 bridgehead atoms. The van der Waals surface area contributed by atoms with E-state index < -0.39 is 0 Å². The maximum absolute atomic E-state index is 8.84. The van der Waals surface area contributed by atoms with Gasteiger partial charge in [-0.1, -0.05) is 12.1 Å². The normalized spacial score (nSPS) is 9.90. The molecule has 0 unspecified atom stereocenters. The Hall–Kier alpha value is -0.0900. The SMILES string of the molecule is Cc1c(I)cccc1CO. The largest absolute Gasteiger partial charge is 0.392 e. The highest BCUT2D eigenvalue weighted by Gasteiger charge is 1.97. The van der Waals surface area contributed by atoms with Crippen LogP contribution in [0.1, 0.15) is 11.1 Å². The maximum Gasteiger partial charge on any atom is 0.0684 e. The van der Waals surface area contributed by atoms with Gasteiger partial charge in [-0.2, -0.15) is 0 Å². The van der Waals surface area contributed by atoms with E-state index in [4.69, 9.17) is 5.11 Å². The number of hydrogen-bond donors (Lipinski definition) is 1. The summed E-state index contributed by atoms with van der Waals surface area (Å²) in [5.74, 6) is 0. The molecule has 0 saturated heterocycles. The molecular weight excluding hydrogens is 239 g/mol. The summed E-state index contributed by atoms with van der Waals surface area (Å²) in [6, 6.07) is 5.94. The molecule has 0 amide bonds. The fourth-order valence-corrected chi connectivity index (χ4v) is 1.38. The van der Waals surface area contributed by atoms with Crippen LogP contribution in [0, 0.1) is 10.5 Å². The van der Waals surface area contributed by atoms with Crippen molar-refractivity contribution in [2.24, 2.45) is 0 Å². The first kappa shape index (κ1) is 8.01. The molecule has 0 saturated carbocycles. The molecule has 0 spiro atoms. The van der Waals surface area contributed by atoms with E-state index >= 15 is 0 Å². The second-order valence-electron chi connectivity index (χ2n) is 2.18. The lowest BCUT2D eigenvalue weighted by atomic mass is 10.1. The highest BCUT2D eigenvalue weighted by Crippen LogP contribution is 2.14. The third-order valence-electron chi connectivity index (χ3n) is 1.55. The summed E-state index contributed by atoms with van der Waals surface area (Å²) in [6.07, 6.45) is 0. The second kappa shape index (κ2) is 3.34. The zero-order valence-corrected chi connectivity index (χ0v) is 7.92. The summed E-state index contributed by atoms with van der Waals surface area (Å²) in [5, 5.41) is 8.84. The van der Waals surface area contributed by atoms with Crippen LogP contribution in [-0.4, -0.2) is 5.11 Å². The molecule has 2 heteroatoms. The van der Waals surface area contributed by atoms with Gasteiger partial charge in [0.1, 0.15) is 0 Å². The van der Waals surface area contributed by atoms with Crippen LogP contribution in [0.25, 0.3) is 0 Å². The van der Waals surface area contributed by atoms with E-state index in [2.05, 4.69) is 22.6 Å². The van der Waals surface area contributed by atoms with Crippen LogP contribution in [0.2, 0.25) is 0 Å². The van der Waals surface area contributed by atoms with E-state index in [1.54, 1.807) is 0 Å². The molecule has 0 aromatic heterocycles. The van der Waals surface area contributed by atoms with Gasteiger partial charge < -0.3 is 5.11 Å².